The summed E-state index contributed by atoms with van der Waals surface area (Å²) in [6, 6.07) is 5.51. The largest absolute Gasteiger partial charge is 0.352 e. The zero-order chi connectivity index (χ0) is 17.8. The monoisotopic (exact) mass is 423 g/mol. The Balaban J connectivity index is 1.55. The van der Waals surface area contributed by atoms with Gasteiger partial charge in [0.05, 0.1) is 11.4 Å². The van der Waals surface area contributed by atoms with Crippen LogP contribution in [0.15, 0.2) is 33.7 Å². The maximum atomic E-state index is 12.2. The molecule has 1 saturated carbocycles. The molecule has 1 fully saturated rings. The highest BCUT2D eigenvalue weighted by molar-refractivity contribution is 9.10. The van der Waals surface area contributed by atoms with Crippen molar-refractivity contribution in [1.29, 1.82) is 0 Å². The lowest BCUT2D eigenvalue weighted by atomic mass is 9.86. The number of amides is 1. The van der Waals surface area contributed by atoms with Crippen molar-refractivity contribution in [3.8, 4) is 0 Å². The predicted octanol–water partition coefficient (Wildman–Crippen LogP) is 3.39. The minimum Gasteiger partial charge on any atom is -0.352 e. The minimum absolute atomic E-state index is 0.0743. The summed E-state index contributed by atoms with van der Waals surface area (Å²) in [7, 11) is 0. The highest BCUT2D eigenvalue weighted by Gasteiger charge is 2.22. The minimum atomic E-state index is -0.109. The van der Waals surface area contributed by atoms with Gasteiger partial charge in [0.1, 0.15) is 5.65 Å². The molecule has 3 rings (SSSR count). The zero-order valence-corrected chi connectivity index (χ0v) is 16.6. The number of carbonyl (C=O) groups is 1. The second kappa shape index (κ2) is 8.36. The lowest BCUT2D eigenvalue weighted by Gasteiger charge is -2.29. The SMILES string of the molecule is C[C@@H]1CCCC[C@H]1NC(=O)CSCc1cc(=O)n2cc(Br)ccc2n1. The van der Waals surface area contributed by atoms with Gasteiger partial charge in [-0.3, -0.25) is 14.0 Å². The fraction of sp³-hybridized carbons (Fsp3) is 0.500. The standard InChI is InChI=1S/C18H22BrN3O2S/c1-12-4-2-3-5-15(12)21-17(23)11-25-10-14-8-18(24)22-9-13(19)6-7-16(22)20-14/h6-9,12,15H,2-5,10-11H2,1H3,(H,21,23)/t12-,15-/m1/s1. The number of nitrogens with one attached hydrogen (secondary N) is 1. The van der Waals surface area contributed by atoms with E-state index in [9.17, 15) is 9.59 Å². The van der Waals surface area contributed by atoms with Crippen molar-refractivity contribution >= 4 is 39.2 Å². The van der Waals surface area contributed by atoms with Crippen LogP contribution < -0.4 is 10.9 Å². The molecule has 134 valence electrons. The summed E-state index contributed by atoms with van der Waals surface area (Å²) in [5.41, 5.74) is 1.21. The molecule has 0 aliphatic heterocycles. The molecule has 2 aromatic heterocycles. The van der Waals surface area contributed by atoms with E-state index in [1.165, 1.54) is 41.5 Å². The normalized spacial score (nSPS) is 20.6. The summed E-state index contributed by atoms with van der Waals surface area (Å²) in [5.74, 6) is 1.58. The molecule has 2 aromatic rings. The van der Waals surface area contributed by atoms with Crippen LogP contribution in [0.5, 0.6) is 0 Å². The highest BCUT2D eigenvalue weighted by Crippen LogP contribution is 2.23. The average Bonchev–Trinajstić information content (AvgIpc) is 2.58. The Bertz CT molecular complexity index is 824. The molecule has 0 aromatic carbocycles. The first-order valence-corrected chi connectivity index (χ1v) is 10.5. The van der Waals surface area contributed by atoms with Gasteiger partial charge in [-0.1, -0.05) is 19.8 Å². The molecule has 1 aliphatic carbocycles. The van der Waals surface area contributed by atoms with Crippen LogP contribution in [0.3, 0.4) is 0 Å². The molecule has 25 heavy (non-hydrogen) atoms. The lowest BCUT2D eigenvalue weighted by Crippen LogP contribution is -2.41. The number of hydrogen-bond acceptors (Lipinski definition) is 4. The third-order valence-corrected chi connectivity index (χ3v) is 6.05. The number of hydrogen-bond donors (Lipinski definition) is 1. The van der Waals surface area contributed by atoms with E-state index in [1.807, 2.05) is 6.07 Å². The van der Waals surface area contributed by atoms with Gasteiger partial charge in [-0.2, -0.15) is 0 Å². The maximum Gasteiger partial charge on any atom is 0.258 e. The second-order valence-corrected chi connectivity index (χ2v) is 8.49. The summed E-state index contributed by atoms with van der Waals surface area (Å²) < 4.78 is 2.34. The van der Waals surface area contributed by atoms with Crippen molar-refractivity contribution in [1.82, 2.24) is 14.7 Å². The van der Waals surface area contributed by atoms with Crippen molar-refractivity contribution in [2.24, 2.45) is 5.92 Å². The summed E-state index contributed by atoms with van der Waals surface area (Å²) in [6.45, 7) is 2.21. The third kappa shape index (κ3) is 4.85. The number of pyridine rings is 1. The Kier molecular flexibility index (Phi) is 6.17. The van der Waals surface area contributed by atoms with Crippen LogP contribution in [-0.2, 0) is 10.5 Å². The number of fused-ring (bicyclic) bond motifs is 1. The van der Waals surface area contributed by atoms with Gasteiger partial charge in [0.2, 0.25) is 5.91 Å². The Labute approximate surface area is 159 Å². The quantitative estimate of drug-likeness (QED) is 0.800. The van der Waals surface area contributed by atoms with Crippen molar-refractivity contribution < 1.29 is 4.79 Å². The van der Waals surface area contributed by atoms with Crippen molar-refractivity contribution in [3.05, 3.63) is 44.9 Å². The van der Waals surface area contributed by atoms with E-state index in [-0.39, 0.29) is 11.5 Å². The summed E-state index contributed by atoms with van der Waals surface area (Å²) in [5, 5.41) is 3.15. The van der Waals surface area contributed by atoms with Gasteiger partial charge in [0.15, 0.2) is 0 Å². The zero-order valence-electron chi connectivity index (χ0n) is 14.2. The van der Waals surface area contributed by atoms with Gasteiger partial charge in [-0.05, 0) is 46.8 Å². The molecule has 0 radical (unpaired) electrons. The smallest absolute Gasteiger partial charge is 0.258 e. The molecule has 0 saturated heterocycles. The molecule has 2 heterocycles. The van der Waals surface area contributed by atoms with Crippen LogP contribution in [-0.4, -0.2) is 27.1 Å². The van der Waals surface area contributed by atoms with E-state index >= 15 is 0 Å². The number of carbonyl (C=O) groups excluding carboxylic acids is 1. The Morgan fingerprint density at radius 2 is 2.20 bits per heavy atom. The summed E-state index contributed by atoms with van der Waals surface area (Å²) in [6.07, 6.45) is 6.45. The van der Waals surface area contributed by atoms with Crippen LogP contribution in [0.4, 0.5) is 0 Å². The first-order chi connectivity index (χ1) is 12.0. The van der Waals surface area contributed by atoms with Gasteiger partial charge in [-0.15, -0.1) is 11.8 Å². The highest BCUT2D eigenvalue weighted by atomic mass is 79.9. The van der Waals surface area contributed by atoms with Gasteiger partial charge < -0.3 is 5.32 Å². The molecule has 5 nitrogen and oxygen atoms in total. The average molecular weight is 424 g/mol. The Morgan fingerprint density at radius 3 is 3.00 bits per heavy atom. The van der Waals surface area contributed by atoms with Gasteiger partial charge in [0.25, 0.3) is 5.56 Å². The molecule has 1 aliphatic rings. The van der Waals surface area contributed by atoms with E-state index in [1.54, 1.807) is 12.3 Å². The topological polar surface area (TPSA) is 63.5 Å². The number of nitrogens with zero attached hydrogens (tertiary/aromatic N) is 2. The predicted molar refractivity (Wildman–Crippen MR) is 105 cm³/mol. The molecule has 7 heteroatoms. The fourth-order valence-electron chi connectivity index (χ4n) is 3.23. The van der Waals surface area contributed by atoms with Crippen LogP contribution in [0.1, 0.15) is 38.3 Å². The van der Waals surface area contributed by atoms with Crippen LogP contribution in [0.25, 0.3) is 5.65 Å². The molecule has 0 bridgehead atoms. The van der Waals surface area contributed by atoms with E-state index < -0.39 is 0 Å². The fourth-order valence-corrected chi connectivity index (χ4v) is 4.29. The van der Waals surface area contributed by atoms with Crippen LogP contribution in [0.2, 0.25) is 0 Å². The number of rotatable bonds is 5. The molecular weight excluding hydrogens is 402 g/mol. The molecule has 1 amide bonds. The molecule has 2 atom stereocenters. The molecule has 0 unspecified atom stereocenters. The van der Waals surface area contributed by atoms with E-state index in [0.29, 0.717) is 34.8 Å². The Morgan fingerprint density at radius 1 is 1.40 bits per heavy atom. The Hall–Kier alpha value is -1.34. The third-order valence-electron chi connectivity index (χ3n) is 4.62. The van der Waals surface area contributed by atoms with E-state index in [4.69, 9.17) is 0 Å². The first kappa shape index (κ1) is 18.5. The first-order valence-electron chi connectivity index (χ1n) is 8.58. The maximum absolute atomic E-state index is 12.2. The molecule has 0 spiro atoms. The number of thioether (sulfide) groups is 1. The summed E-state index contributed by atoms with van der Waals surface area (Å²) in [4.78, 5) is 28.8. The van der Waals surface area contributed by atoms with Gasteiger partial charge in [-0.25, -0.2) is 4.98 Å². The number of aromatic nitrogens is 2. The van der Waals surface area contributed by atoms with Crippen molar-refractivity contribution in [3.63, 3.8) is 0 Å². The van der Waals surface area contributed by atoms with Crippen molar-refractivity contribution in [2.45, 2.75) is 44.4 Å². The molecule has 1 N–H and O–H groups in total. The van der Waals surface area contributed by atoms with Gasteiger partial charge >= 0.3 is 0 Å². The van der Waals surface area contributed by atoms with Gasteiger partial charge in [0, 0.05) is 28.5 Å². The van der Waals surface area contributed by atoms with Crippen LogP contribution in [0, 0.1) is 5.92 Å². The van der Waals surface area contributed by atoms with Crippen LogP contribution >= 0.6 is 27.7 Å². The lowest BCUT2D eigenvalue weighted by molar-refractivity contribution is -0.119. The molecular formula is C18H22BrN3O2S. The second-order valence-electron chi connectivity index (χ2n) is 6.59. The van der Waals surface area contributed by atoms with Crippen molar-refractivity contribution in [2.75, 3.05) is 5.75 Å². The van der Waals surface area contributed by atoms with E-state index in [0.717, 1.165) is 10.9 Å². The number of halogens is 1. The summed E-state index contributed by atoms with van der Waals surface area (Å²) >= 11 is 4.84. The van der Waals surface area contributed by atoms with E-state index in [2.05, 4.69) is 33.2 Å².